The third kappa shape index (κ3) is 5.01. The van der Waals surface area contributed by atoms with E-state index in [1.54, 1.807) is 14.2 Å². The molecular weight excluding hydrogens is 340 g/mol. The lowest BCUT2D eigenvalue weighted by Crippen LogP contribution is -2.34. The number of rotatable bonds is 9. The number of hydrogen-bond donors (Lipinski definition) is 1. The average molecular weight is 368 g/mol. The summed E-state index contributed by atoms with van der Waals surface area (Å²) in [6.07, 6.45) is 3.15. The highest BCUT2D eigenvalue weighted by Crippen LogP contribution is 2.31. The van der Waals surface area contributed by atoms with Crippen LogP contribution in [0.15, 0.2) is 42.5 Å². The van der Waals surface area contributed by atoms with E-state index in [-0.39, 0.29) is 5.91 Å². The Morgan fingerprint density at radius 1 is 1.11 bits per heavy atom. The molecule has 0 atom stereocenters. The van der Waals surface area contributed by atoms with Crippen LogP contribution in [0.25, 0.3) is 0 Å². The van der Waals surface area contributed by atoms with Gasteiger partial charge in [0.1, 0.15) is 11.5 Å². The Hall–Kier alpha value is -2.53. The molecule has 0 bridgehead atoms. The zero-order valence-electron chi connectivity index (χ0n) is 16.3. The maximum Gasteiger partial charge on any atom is 0.238 e. The molecule has 0 aliphatic heterocycles. The molecule has 1 aliphatic carbocycles. The lowest BCUT2D eigenvalue weighted by Gasteiger charge is -2.23. The van der Waals surface area contributed by atoms with Gasteiger partial charge in [-0.1, -0.05) is 25.1 Å². The van der Waals surface area contributed by atoms with Crippen LogP contribution in [0.1, 0.15) is 30.9 Å². The first-order chi connectivity index (χ1) is 13.1. The molecule has 1 fully saturated rings. The standard InChI is InChI=1S/C22H28N2O3/c1-4-16-7-5-6-8-20(16)23-22(25)15-24(18-9-10-18)14-17-13-19(26-2)11-12-21(17)27-3/h5-8,11-13,18H,4,9-10,14-15H2,1-3H3,(H,23,25). The van der Waals surface area contributed by atoms with Gasteiger partial charge in [0, 0.05) is 23.8 Å². The fraction of sp³-hybridized carbons (Fsp3) is 0.409. The minimum atomic E-state index is 0.0182. The van der Waals surface area contributed by atoms with Crippen LogP contribution in [0.2, 0.25) is 0 Å². The van der Waals surface area contributed by atoms with Crippen LogP contribution in [0.4, 0.5) is 5.69 Å². The smallest absolute Gasteiger partial charge is 0.238 e. The van der Waals surface area contributed by atoms with Crippen LogP contribution < -0.4 is 14.8 Å². The predicted octanol–water partition coefficient (Wildman–Crippen LogP) is 3.87. The van der Waals surface area contributed by atoms with Gasteiger partial charge >= 0.3 is 0 Å². The number of hydrogen-bond acceptors (Lipinski definition) is 4. The van der Waals surface area contributed by atoms with Crippen LogP contribution in [-0.2, 0) is 17.8 Å². The highest BCUT2D eigenvalue weighted by Gasteiger charge is 2.31. The monoisotopic (exact) mass is 368 g/mol. The largest absolute Gasteiger partial charge is 0.497 e. The van der Waals surface area contributed by atoms with Gasteiger partial charge in [-0.3, -0.25) is 9.69 Å². The fourth-order valence-corrected chi connectivity index (χ4v) is 3.30. The molecule has 5 heteroatoms. The number of anilines is 1. The molecule has 1 aliphatic rings. The van der Waals surface area contributed by atoms with Gasteiger partial charge in [-0.2, -0.15) is 0 Å². The molecule has 0 saturated heterocycles. The maximum absolute atomic E-state index is 12.7. The number of methoxy groups -OCH3 is 2. The van der Waals surface area contributed by atoms with Crippen molar-refractivity contribution >= 4 is 11.6 Å². The van der Waals surface area contributed by atoms with E-state index in [9.17, 15) is 4.79 Å². The second-order valence-electron chi connectivity index (χ2n) is 6.87. The van der Waals surface area contributed by atoms with E-state index in [0.29, 0.717) is 19.1 Å². The first-order valence-electron chi connectivity index (χ1n) is 9.47. The van der Waals surface area contributed by atoms with Crippen molar-refractivity contribution in [1.82, 2.24) is 4.90 Å². The van der Waals surface area contributed by atoms with E-state index in [0.717, 1.165) is 47.6 Å². The minimum Gasteiger partial charge on any atom is -0.497 e. The van der Waals surface area contributed by atoms with E-state index in [1.165, 1.54) is 0 Å². The second-order valence-corrected chi connectivity index (χ2v) is 6.87. The van der Waals surface area contributed by atoms with Gasteiger partial charge < -0.3 is 14.8 Å². The number of ether oxygens (including phenoxy) is 2. The Morgan fingerprint density at radius 2 is 1.89 bits per heavy atom. The van der Waals surface area contributed by atoms with Crippen LogP contribution in [0.5, 0.6) is 11.5 Å². The summed E-state index contributed by atoms with van der Waals surface area (Å²) in [7, 11) is 3.32. The molecule has 2 aromatic rings. The fourth-order valence-electron chi connectivity index (χ4n) is 3.30. The SMILES string of the molecule is CCc1ccccc1NC(=O)CN(Cc1cc(OC)ccc1OC)C1CC1. The Morgan fingerprint density at radius 3 is 2.56 bits per heavy atom. The zero-order chi connectivity index (χ0) is 19.2. The van der Waals surface area contributed by atoms with Gasteiger partial charge in [0.15, 0.2) is 0 Å². The van der Waals surface area contributed by atoms with Crippen molar-refractivity contribution in [2.24, 2.45) is 0 Å². The molecule has 27 heavy (non-hydrogen) atoms. The maximum atomic E-state index is 12.7. The van der Waals surface area contributed by atoms with Crippen molar-refractivity contribution in [3.8, 4) is 11.5 Å². The lowest BCUT2D eigenvalue weighted by molar-refractivity contribution is -0.117. The van der Waals surface area contributed by atoms with Crippen molar-refractivity contribution in [1.29, 1.82) is 0 Å². The van der Waals surface area contributed by atoms with Gasteiger partial charge in [-0.25, -0.2) is 0 Å². The van der Waals surface area contributed by atoms with Crippen LogP contribution in [0.3, 0.4) is 0 Å². The summed E-state index contributed by atoms with van der Waals surface area (Å²) in [5.74, 6) is 1.63. The van der Waals surface area contributed by atoms with Gasteiger partial charge in [-0.05, 0) is 49.1 Å². The summed E-state index contributed by atoms with van der Waals surface area (Å²) >= 11 is 0. The Labute approximate surface area is 161 Å². The van der Waals surface area contributed by atoms with E-state index < -0.39 is 0 Å². The molecule has 0 spiro atoms. The summed E-state index contributed by atoms with van der Waals surface area (Å²) in [4.78, 5) is 14.9. The van der Waals surface area contributed by atoms with Gasteiger partial charge in [-0.15, -0.1) is 0 Å². The molecule has 1 N–H and O–H groups in total. The first kappa shape index (κ1) is 19.2. The van der Waals surface area contributed by atoms with E-state index in [1.807, 2.05) is 36.4 Å². The number of carbonyl (C=O) groups excluding carboxylic acids is 1. The summed E-state index contributed by atoms with van der Waals surface area (Å²) in [5, 5.41) is 3.07. The van der Waals surface area contributed by atoms with Crippen LogP contribution >= 0.6 is 0 Å². The molecule has 3 rings (SSSR count). The molecule has 0 heterocycles. The normalized spacial score (nSPS) is 13.5. The summed E-state index contributed by atoms with van der Waals surface area (Å²) in [5.41, 5.74) is 3.09. The Bertz CT molecular complexity index is 787. The molecular formula is C22H28N2O3. The quantitative estimate of drug-likeness (QED) is 0.730. The van der Waals surface area contributed by atoms with Gasteiger partial charge in [0.05, 0.1) is 20.8 Å². The zero-order valence-corrected chi connectivity index (χ0v) is 16.3. The number of nitrogens with one attached hydrogen (secondary N) is 1. The number of para-hydroxylation sites is 1. The molecule has 5 nitrogen and oxygen atoms in total. The molecule has 0 radical (unpaired) electrons. The van der Waals surface area contributed by atoms with E-state index in [4.69, 9.17) is 9.47 Å². The second kappa shape index (κ2) is 8.91. The van der Waals surface area contributed by atoms with Crippen molar-refractivity contribution in [3.05, 3.63) is 53.6 Å². The number of amides is 1. The summed E-state index contributed by atoms with van der Waals surface area (Å²) < 4.78 is 10.8. The first-order valence-corrected chi connectivity index (χ1v) is 9.47. The summed E-state index contributed by atoms with van der Waals surface area (Å²) in [6, 6.07) is 14.2. The third-order valence-corrected chi connectivity index (χ3v) is 4.94. The number of nitrogens with zero attached hydrogens (tertiary/aromatic N) is 1. The predicted molar refractivity (Wildman–Crippen MR) is 107 cm³/mol. The van der Waals surface area contributed by atoms with E-state index in [2.05, 4.69) is 23.2 Å². The lowest BCUT2D eigenvalue weighted by atomic mass is 10.1. The molecule has 144 valence electrons. The van der Waals surface area contributed by atoms with Crippen molar-refractivity contribution in [3.63, 3.8) is 0 Å². The number of carbonyl (C=O) groups is 1. The Kier molecular flexibility index (Phi) is 6.35. The van der Waals surface area contributed by atoms with Crippen LogP contribution in [-0.4, -0.2) is 37.6 Å². The van der Waals surface area contributed by atoms with E-state index >= 15 is 0 Å². The molecule has 2 aromatic carbocycles. The minimum absolute atomic E-state index is 0.0182. The topological polar surface area (TPSA) is 50.8 Å². The van der Waals surface area contributed by atoms with Crippen molar-refractivity contribution in [2.45, 2.75) is 38.8 Å². The molecule has 0 aromatic heterocycles. The molecule has 1 amide bonds. The van der Waals surface area contributed by atoms with Gasteiger partial charge in [0.25, 0.3) is 0 Å². The van der Waals surface area contributed by atoms with Crippen molar-refractivity contribution < 1.29 is 14.3 Å². The molecule has 0 unspecified atom stereocenters. The highest BCUT2D eigenvalue weighted by molar-refractivity contribution is 5.93. The molecule has 1 saturated carbocycles. The number of aryl methyl sites for hydroxylation is 1. The summed E-state index contributed by atoms with van der Waals surface area (Å²) in [6.45, 7) is 3.12. The number of benzene rings is 2. The third-order valence-electron chi connectivity index (χ3n) is 4.94. The van der Waals surface area contributed by atoms with Gasteiger partial charge in [0.2, 0.25) is 5.91 Å². The Balaban J connectivity index is 1.70. The highest BCUT2D eigenvalue weighted by atomic mass is 16.5. The van der Waals surface area contributed by atoms with Crippen molar-refractivity contribution in [2.75, 3.05) is 26.1 Å². The average Bonchev–Trinajstić information content (AvgIpc) is 3.53. The van der Waals surface area contributed by atoms with Crippen LogP contribution in [0, 0.1) is 0 Å².